The smallest absolute Gasteiger partial charge is 0.332 e. The fourth-order valence-corrected chi connectivity index (χ4v) is 2.57. The van der Waals surface area contributed by atoms with Crippen molar-refractivity contribution < 1.29 is 14.4 Å². The molecule has 0 saturated heterocycles. The zero-order chi connectivity index (χ0) is 17.3. The lowest BCUT2D eigenvalue weighted by atomic mass is 10.2. The van der Waals surface area contributed by atoms with Gasteiger partial charge in [0.05, 0.1) is 5.52 Å². The van der Waals surface area contributed by atoms with E-state index in [1.165, 1.54) is 4.73 Å². The molecule has 24 heavy (non-hydrogen) atoms. The van der Waals surface area contributed by atoms with Gasteiger partial charge in [-0.2, -0.15) is 4.73 Å². The summed E-state index contributed by atoms with van der Waals surface area (Å²) in [5.41, 5.74) is 1.85. The number of carbonyl (C=O) groups is 2. The van der Waals surface area contributed by atoms with Crippen LogP contribution in [-0.4, -0.2) is 21.5 Å². The van der Waals surface area contributed by atoms with Gasteiger partial charge in [-0.1, -0.05) is 24.6 Å². The number of pyridine rings is 1. The minimum atomic E-state index is -0.436. The zero-order valence-corrected chi connectivity index (χ0v) is 14.0. The lowest BCUT2D eigenvalue weighted by Crippen LogP contribution is -2.23. The van der Waals surface area contributed by atoms with Crippen molar-refractivity contribution in [1.29, 1.82) is 0 Å². The van der Waals surface area contributed by atoms with Gasteiger partial charge in [0.2, 0.25) is 5.78 Å². The SMILES string of the molecule is CCC(=O)On1c(C(=O)c2cccc(C)n2)cc2cc(Cl)ccc21. The normalized spacial score (nSPS) is 10.8. The fourth-order valence-electron chi connectivity index (χ4n) is 2.38. The van der Waals surface area contributed by atoms with Crippen molar-refractivity contribution in [1.82, 2.24) is 9.71 Å². The Morgan fingerprint density at radius 1 is 1.21 bits per heavy atom. The topological polar surface area (TPSA) is 61.2 Å². The molecule has 2 heterocycles. The van der Waals surface area contributed by atoms with E-state index in [-0.39, 0.29) is 23.6 Å². The van der Waals surface area contributed by atoms with Crippen LogP contribution >= 0.6 is 11.6 Å². The average Bonchev–Trinajstić information content (AvgIpc) is 2.91. The monoisotopic (exact) mass is 342 g/mol. The number of ketones is 1. The number of rotatable bonds is 4. The highest BCUT2D eigenvalue weighted by molar-refractivity contribution is 6.31. The predicted octanol–water partition coefficient (Wildman–Crippen LogP) is 3.59. The molecule has 0 aliphatic heterocycles. The number of aryl methyl sites for hydroxylation is 1. The van der Waals surface area contributed by atoms with Crippen LogP contribution in [0.25, 0.3) is 10.9 Å². The first-order valence-electron chi connectivity index (χ1n) is 7.50. The van der Waals surface area contributed by atoms with Crippen LogP contribution < -0.4 is 4.84 Å². The lowest BCUT2D eigenvalue weighted by Gasteiger charge is -2.09. The highest BCUT2D eigenvalue weighted by Crippen LogP contribution is 2.24. The minimum absolute atomic E-state index is 0.198. The van der Waals surface area contributed by atoms with Crippen LogP contribution in [0, 0.1) is 6.92 Å². The van der Waals surface area contributed by atoms with Gasteiger partial charge >= 0.3 is 5.97 Å². The van der Waals surface area contributed by atoms with Crippen LogP contribution in [-0.2, 0) is 4.79 Å². The molecule has 0 spiro atoms. The van der Waals surface area contributed by atoms with Gasteiger partial charge in [0, 0.05) is 22.5 Å². The molecule has 0 N–H and O–H groups in total. The van der Waals surface area contributed by atoms with E-state index in [9.17, 15) is 9.59 Å². The Kier molecular flexibility index (Phi) is 4.36. The van der Waals surface area contributed by atoms with E-state index in [0.29, 0.717) is 15.9 Å². The van der Waals surface area contributed by atoms with Crippen molar-refractivity contribution in [3.63, 3.8) is 0 Å². The van der Waals surface area contributed by atoms with Crippen molar-refractivity contribution in [2.75, 3.05) is 0 Å². The second-order valence-electron chi connectivity index (χ2n) is 5.34. The molecular weight excluding hydrogens is 328 g/mol. The second kappa shape index (κ2) is 6.45. The number of hydrogen-bond donors (Lipinski definition) is 0. The number of aromatic nitrogens is 2. The molecule has 0 amide bonds. The molecule has 5 nitrogen and oxygen atoms in total. The molecule has 0 bridgehead atoms. The van der Waals surface area contributed by atoms with Gasteiger partial charge in [-0.15, -0.1) is 0 Å². The fraction of sp³-hybridized carbons (Fsp3) is 0.167. The van der Waals surface area contributed by atoms with Gasteiger partial charge in [0.1, 0.15) is 11.4 Å². The Labute approximate surface area is 143 Å². The lowest BCUT2D eigenvalue weighted by molar-refractivity contribution is -0.143. The third-order valence-corrected chi connectivity index (χ3v) is 3.79. The summed E-state index contributed by atoms with van der Waals surface area (Å²) in [6, 6.07) is 12.0. The summed E-state index contributed by atoms with van der Waals surface area (Å²) in [4.78, 5) is 34.2. The number of halogens is 1. The van der Waals surface area contributed by atoms with Crippen molar-refractivity contribution in [2.45, 2.75) is 20.3 Å². The Morgan fingerprint density at radius 2 is 2.00 bits per heavy atom. The van der Waals surface area contributed by atoms with Crippen molar-refractivity contribution in [3.05, 3.63) is 64.6 Å². The Bertz CT molecular complexity index is 947. The maximum Gasteiger partial charge on any atom is 0.332 e. The molecule has 0 aliphatic carbocycles. The maximum absolute atomic E-state index is 12.8. The van der Waals surface area contributed by atoms with Crippen LogP contribution in [0.1, 0.15) is 35.2 Å². The van der Waals surface area contributed by atoms with E-state index >= 15 is 0 Å². The molecule has 6 heteroatoms. The van der Waals surface area contributed by atoms with Gasteiger partial charge in [-0.05, 0) is 43.3 Å². The molecule has 3 aromatic rings. The van der Waals surface area contributed by atoms with E-state index in [0.717, 1.165) is 5.69 Å². The van der Waals surface area contributed by atoms with Gasteiger partial charge < -0.3 is 4.84 Å². The quantitative estimate of drug-likeness (QED) is 0.680. The first-order chi connectivity index (χ1) is 11.5. The first-order valence-corrected chi connectivity index (χ1v) is 7.88. The average molecular weight is 343 g/mol. The van der Waals surface area contributed by atoms with Gasteiger partial charge in [-0.25, -0.2) is 9.78 Å². The minimum Gasteiger partial charge on any atom is -0.336 e. The van der Waals surface area contributed by atoms with Gasteiger partial charge in [-0.3, -0.25) is 4.79 Å². The molecule has 0 radical (unpaired) electrons. The highest BCUT2D eigenvalue weighted by atomic mass is 35.5. The summed E-state index contributed by atoms with van der Waals surface area (Å²) in [7, 11) is 0. The number of hydrogen-bond acceptors (Lipinski definition) is 4. The standard InChI is InChI=1S/C18H15ClN2O3/c1-3-17(22)24-21-15-8-7-13(19)9-12(15)10-16(21)18(23)14-6-4-5-11(2)20-14/h4-10H,3H2,1-2H3. The number of nitrogens with zero attached hydrogens (tertiary/aromatic N) is 2. The summed E-state index contributed by atoms with van der Waals surface area (Å²) in [6.07, 6.45) is 0.198. The van der Waals surface area contributed by atoms with Crippen LogP contribution in [0.3, 0.4) is 0 Å². The summed E-state index contributed by atoms with van der Waals surface area (Å²) in [5.74, 6) is -0.761. The molecule has 2 aromatic heterocycles. The Morgan fingerprint density at radius 3 is 2.71 bits per heavy atom. The van der Waals surface area contributed by atoms with Crippen molar-refractivity contribution in [2.24, 2.45) is 0 Å². The molecule has 122 valence electrons. The molecule has 0 saturated carbocycles. The maximum atomic E-state index is 12.8. The van der Waals surface area contributed by atoms with E-state index in [4.69, 9.17) is 16.4 Å². The van der Waals surface area contributed by atoms with Crippen molar-refractivity contribution >= 4 is 34.3 Å². The third-order valence-electron chi connectivity index (χ3n) is 3.55. The third kappa shape index (κ3) is 3.03. The van der Waals surface area contributed by atoms with Crippen LogP contribution in [0.4, 0.5) is 0 Å². The first kappa shape index (κ1) is 16.2. The van der Waals surface area contributed by atoms with E-state index in [2.05, 4.69) is 4.98 Å². The number of carbonyl (C=O) groups excluding carboxylic acids is 2. The van der Waals surface area contributed by atoms with Gasteiger partial charge in [0.15, 0.2) is 0 Å². The van der Waals surface area contributed by atoms with E-state index in [1.54, 1.807) is 43.3 Å². The van der Waals surface area contributed by atoms with Crippen LogP contribution in [0.15, 0.2) is 42.5 Å². The van der Waals surface area contributed by atoms with Crippen LogP contribution in [0.5, 0.6) is 0 Å². The second-order valence-corrected chi connectivity index (χ2v) is 5.77. The Hall–Kier alpha value is -2.66. The molecule has 0 atom stereocenters. The highest BCUT2D eigenvalue weighted by Gasteiger charge is 2.21. The summed E-state index contributed by atoms with van der Waals surface area (Å²) < 4.78 is 1.25. The van der Waals surface area contributed by atoms with Crippen molar-refractivity contribution in [3.8, 4) is 0 Å². The molecule has 1 aromatic carbocycles. The van der Waals surface area contributed by atoms with E-state index in [1.807, 2.05) is 13.0 Å². The Balaban J connectivity index is 2.16. The molecule has 0 unspecified atom stereocenters. The molecular formula is C18H15ClN2O3. The van der Waals surface area contributed by atoms with E-state index < -0.39 is 5.97 Å². The summed E-state index contributed by atoms with van der Waals surface area (Å²) in [6.45, 7) is 3.50. The predicted molar refractivity (Wildman–Crippen MR) is 91.2 cm³/mol. The molecule has 0 fully saturated rings. The molecule has 3 rings (SSSR count). The summed E-state index contributed by atoms with van der Waals surface area (Å²) in [5, 5.41) is 1.25. The summed E-state index contributed by atoms with van der Waals surface area (Å²) >= 11 is 6.02. The zero-order valence-electron chi connectivity index (χ0n) is 13.2. The van der Waals surface area contributed by atoms with Crippen LogP contribution in [0.2, 0.25) is 5.02 Å². The number of fused-ring (bicyclic) bond motifs is 1. The molecule has 0 aliphatic rings. The number of benzene rings is 1. The van der Waals surface area contributed by atoms with Gasteiger partial charge in [0.25, 0.3) is 0 Å². The largest absolute Gasteiger partial charge is 0.336 e.